The number of ether oxygens (including phenoxy) is 1. The fraction of sp³-hybridized carbons (Fsp3) is 0.297. The summed E-state index contributed by atoms with van der Waals surface area (Å²) < 4.78 is 35.1. The number of amides is 2. The summed E-state index contributed by atoms with van der Waals surface area (Å²) in [6.45, 7) is 5.41. The van der Waals surface area contributed by atoms with Crippen molar-refractivity contribution in [2.45, 2.75) is 63.6 Å². The van der Waals surface area contributed by atoms with Crippen molar-refractivity contribution in [3.05, 3.63) is 126 Å². The Balaban J connectivity index is 1.84. The maximum Gasteiger partial charge on any atom is 0.264 e. The maximum atomic E-state index is 14.7. The molecule has 242 valence electrons. The van der Waals surface area contributed by atoms with Crippen LogP contribution in [-0.2, 0) is 39.0 Å². The van der Waals surface area contributed by atoms with Crippen molar-refractivity contribution in [3.8, 4) is 5.75 Å². The van der Waals surface area contributed by atoms with Gasteiger partial charge in [0, 0.05) is 19.0 Å². The summed E-state index contributed by atoms with van der Waals surface area (Å²) in [6, 6.07) is 31.1. The van der Waals surface area contributed by atoms with Crippen molar-refractivity contribution < 1.29 is 22.7 Å². The van der Waals surface area contributed by atoms with Crippen molar-refractivity contribution in [1.82, 2.24) is 10.2 Å². The lowest BCUT2D eigenvalue weighted by Gasteiger charge is -2.34. The molecule has 0 aliphatic heterocycles. The zero-order valence-corrected chi connectivity index (χ0v) is 27.7. The van der Waals surface area contributed by atoms with Gasteiger partial charge in [0.05, 0.1) is 17.7 Å². The molecule has 8 nitrogen and oxygen atoms in total. The molecule has 0 radical (unpaired) electrons. The van der Waals surface area contributed by atoms with Crippen LogP contribution in [0.1, 0.15) is 43.9 Å². The van der Waals surface area contributed by atoms with Crippen LogP contribution < -0.4 is 14.4 Å². The van der Waals surface area contributed by atoms with Gasteiger partial charge < -0.3 is 15.0 Å². The van der Waals surface area contributed by atoms with Crippen LogP contribution in [0.15, 0.2) is 114 Å². The van der Waals surface area contributed by atoms with Gasteiger partial charge in [-0.1, -0.05) is 92.7 Å². The summed E-state index contributed by atoms with van der Waals surface area (Å²) >= 11 is 0. The summed E-state index contributed by atoms with van der Waals surface area (Å²) in [4.78, 5) is 30.2. The minimum Gasteiger partial charge on any atom is -0.497 e. The van der Waals surface area contributed by atoms with E-state index >= 15 is 0 Å². The van der Waals surface area contributed by atoms with Gasteiger partial charge in [-0.25, -0.2) is 8.42 Å². The fourth-order valence-corrected chi connectivity index (χ4v) is 6.72. The topological polar surface area (TPSA) is 96.0 Å². The van der Waals surface area contributed by atoms with Crippen LogP contribution >= 0.6 is 0 Å². The van der Waals surface area contributed by atoms with E-state index in [1.54, 1.807) is 37.4 Å². The van der Waals surface area contributed by atoms with Gasteiger partial charge in [0.25, 0.3) is 10.0 Å². The van der Waals surface area contributed by atoms with Crippen LogP contribution in [0.2, 0.25) is 0 Å². The van der Waals surface area contributed by atoms with Crippen molar-refractivity contribution in [2.24, 2.45) is 0 Å². The lowest BCUT2D eigenvalue weighted by atomic mass is 10.0. The van der Waals surface area contributed by atoms with Crippen molar-refractivity contribution in [3.63, 3.8) is 0 Å². The molecular weight excluding hydrogens is 598 g/mol. The second-order valence-corrected chi connectivity index (χ2v) is 13.1. The Morgan fingerprint density at radius 1 is 0.826 bits per heavy atom. The zero-order chi connectivity index (χ0) is 33.1. The molecule has 2 unspecified atom stereocenters. The van der Waals surface area contributed by atoms with Crippen molar-refractivity contribution in [1.29, 1.82) is 0 Å². The number of carbonyl (C=O) groups is 2. The predicted octanol–water partition coefficient (Wildman–Crippen LogP) is 6.01. The highest BCUT2D eigenvalue weighted by Crippen LogP contribution is 2.28. The zero-order valence-electron chi connectivity index (χ0n) is 26.9. The van der Waals surface area contributed by atoms with E-state index in [-0.39, 0.29) is 29.8 Å². The molecule has 0 bridgehead atoms. The Bertz CT molecular complexity index is 1700. The third-order valence-corrected chi connectivity index (χ3v) is 9.78. The third kappa shape index (κ3) is 8.54. The van der Waals surface area contributed by atoms with Gasteiger partial charge in [-0.15, -0.1) is 0 Å². The average Bonchev–Trinajstić information content (AvgIpc) is 3.09. The first-order chi connectivity index (χ1) is 22.2. The van der Waals surface area contributed by atoms with Gasteiger partial charge in [-0.2, -0.15) is 0 Å². The van der Waals surface area contributed by atoms with Gasteiger partial charge in [0.15, 0.2) is 0 Å². The molecule has 1 N–H and O–H groups in total. The number of rotatable bonds is 15. The molecule has 0 spiro atoms. The number of nitrogens with one attached hydrogen (secondary N) is 1. The number of para-hydroxylation sites is 1. The molecule has 4 aromatic rings. The highest BCUT2D eigenvalue weighted by Gasteiger charge is 2.35. The second-order valence-electron chi connectivity index (χ2n) is 11.2. The van der Waals surface area contributed by atoms with Crippen LogP contribution in [0.3, 0.4) is 0 Å². The Kier molecular flexibility index (Phi) is 12.0. The number of sulfonamides is 1. The molecule has 0 aromatic heterocycles. The van der Waals surface area contributed by atoms with Gasteiger partial charge in [0.2, 0.25) is 11.8 Å². The monoisotopic (exact) mass is 641 g/mol. The molecule has 0 saturated heterocycles. The minimum atomic E-state index is -4.16. The van der Waals surface area contributed by atoms with E-state index in [1.807, 2.05) is 87.5 Å². The van der Waals surface area contributed by atoms with Crippen LogP contribution in [-0.4, -0.2) is 50.9 Å². The van der Waals surface area contributed by atoms with Gasteiger partial charge >= 0.3 is 0 Å². The number of nitrogens with zero attached hydrogens (tertiary/aromatic N) is 2. The molecule has 4 aromatic carbocycles. The van der Waals surface area contributed by atoms with E-state index in [2.05, 4.69) is 5.32 Å². The molecule has 0 fully saturated rings. The van der Waals surface area contributed by atoms with Crippen LogP contribution in [0.25, 0.3) is 0 Å². The van der Waals surface area contributed by atoms with Gasteiger partial charge in [-0.3, -0.25) is 13.9 Å². The molecule has 0 aliphatic carbocycles. The Morgan fingerprint density at radius 2 is 1.46 bits per heavy atom. The molecule has 46 heavy (non-hydrogen) atoms. The van der Waals surface area contributed by atoms with E-state index in [0.717, 1.165) is 16.7 Å². The van der Waals surface area contributed by atoms with Crippen molar-refractivity contribution >= 4 is 27.5 Å². The summed E-state index contributed by atoms with van der Waals surface area (Å²) in [5.74, 6) is -0.201. The number of benzene rings is 4. The van der Waals surface area contributed by atoms with Gasteiger partial charge in [-0.05, 0) is 66.8 Å². The molecule has 0 heterocycles. The van der Waals surface area contributed by atoms with Crippen molar-refractivity contribution in [2.75, 3.05) is 18.0 Å². The van der Waals surface area contributed by atoms with E-state index in [4.69, 9.17) is 4.74 Å². The maximum absolute atomic E-state index is 14.7. The summed E-state index contributed by atoms with van der Waals surface area (Å²) in [7, 11) is -2.59. The van der Waals surface area contributed by atoms with E-state index in [1.165, 1.54) is 21.3 Å². The number of anilines is 1. The molecule has 2 atom stereocenters. The number of aryl methyl sites for hydroxylation is 1. The molecule has 9 heteroatoms. The Hall–Kier alpha value is -4.63. The summed E-state index contributed by atoms with van der Waals surface area (Å²) in [5, 5.41) is 3.06. The minimum absolute atomic E-state index is 0.0656. The number of hydrogen-bond donors (Lipinski definition) is 1. The van der Waals surface area contributed by atoms with E-state index < -0.39 is 28.5 Å². The van der Waals surface area contributed by atoms with Crippen LogP contribution in [0.5, 0.6) is 5.75 Å². The SMILES string of the molecule is CCc1ccccc1N(CC(=O)N(Cc1cccc(OC)c1)C(Cc1ccccc1)C(=O)NC(C)CC)S(=O)(=O)c1ccccc1. The van der Waals surface area contributed by atoms with E-state index in [9.17, 15) is 18.0 Å². The smallest absolute Gasteiger partial charge is 0.264 e. The lowest BCUT2D eigenvalue weighted by Crippen LogP contribution is -2.54. The quantitative estimate of drug-likeness (QED) is 0.172. The predicted molar refractivity (Wildman–Crippen MR) is 182 cm³/mol. The number of carbonyl (C=O) groups excluding carboxylic acids is 2. The third-order valence-electron chi connectivity index (χ3n) is 8.01. The first kappa shape index (κ1) is 34.2. The summed E-state index contributed by atoms with van der Waals surface area (Å²) in [6.07, 6.45) is 1.52. The van der Waals surface area contributed by atoms with Crippen LogP contribution in [0, 0.1) is 0 Å². The first-order valence-corrected chi connectivity index (χ1v) is 17.0. The number of methoxy groups -OCH3 is 1. The molecule has 0 saturated carbocycles. The van der Waals surface area contributed by atoms with Gasteiger partial charge in [0.1, 0.15) is 18.3 Å². The second kappa shape index (κ2) is 16.1. The molecule has 4 rings (SSSR count). The molecule has 0 aliphatic rings. The first-order valence-electron chi connectivity index (χ1n) is 15.6. The Morgan fingerprint density at radius 3 is 2.11 bits per heavy atom. The largest absolute Gasteiger partial charge is 0.497 e. The highest BCUT2D eigenvalue weighted by molar-refractivity contribution is 7.92. The Labute approximate surface area is 273 Å². The fourth-order valence-electron chi connectivity index (χ4n) is 5.25. The standard InChI is InChI=1S/C37H43N3O5S/c1-5-28(3)38-37(42)35(25-29-16-9-7-10-17-29)39(26-30-18-15-20-32(24-30)45-4)36(41)27-40(34-23-14-13-19-31(34)6-2)46(43,44)33-21-11-8-12-22-33/h7-24,28,35H,5-6,25-27H2,1-4H3,(H,38,42). The summed E-state index contributed by atoms with van der Waals surface area (Å²) in [5.41, 5.74) is 2.82. The molecular formula is C37H43N3O5S. The van der Waals surface area contributed by atoms with Crippen LogP contribution in [0.4, 0.5) is 5.69 Å². The van der Waals surface area contributed by atoms with E-state index in [0.29, 0.717) is 24.3 Å². The average molecular weight is 642 g/mol. The molecule has 2 amide bonds. The highest BCUT2D eigenvalue weighted by atomic mass is 32.2. The lowest BCUT2D eigenvalue weighted by molar-refractivity contribution is -0.140. The normalized spacial score (nSPS) is 12.5. The number of hydrogen-bond acceptors (Lipinski definition) is 5.